The minimum absolute atomic E-state index is 0.564. The zero-order valence-electron chi connectivity index (χ0n) is 9.14. The summed E-state index contributed by atoms with van der Waals surface area (Å²) in [7, 11) is 1.72. The number of hydrogen-bond acceptors (Lipinski definition) is 1. The number of methoxy groups -OCH3 is 1. The molecular formula is C12H18O. The van der Waals surface area contributed by atoms with Gasteiger partial charge in [0.2, 0.25) is 0 Å². The van der Waals surface area contributed by atoms with Crippen LogP contribution in [0, 0.1) is 13.8 Å². The Morgan fingerprint density at radius 1 is 1.08 bits per heavy atom. The van der Waals surface area contributed by atoms with Crippen molar-refractivity contribution in [2.45, 2.75) is 33.6 Å². The van der Waals surface area contributed by atoms with E-state index in [-0.39, 0.29) is 0 Å². The highest BCUT2D eigenvalue weighted by Gasteiger charge is 2.07. The van der Waals surface area contributed by atoms with Gasteiger partial charge in [0.1, 0.15) is 5.75 Å². The fourth-order valence-corrected chi connectivity index (χ4v) is 1.69. The standard InChI is InChI=1S/C12H18O/c1-8(2)11-7-12(13-5)10(4)6-9(11)3/h6-8H,1-5H3. The second kappa shape index (κ2) is 3.82. The monoisotopic (exact) mass is 178 g/mol. The third-order valence-corrected chi connectivity index (χ3v) is 2.41. The van der Waals surface area contributed by atoms with Crippen LogP contribution in [-0.2, 0) is 0 Å². The molecule has 0 radical (unpaired) electrons. The average molecular weight is 178 g/mol. The van der Waals surface area contributed by atoms with Crippen LogP contribution in [0.15, 0.2) is 12.1 Å². The van der Waals surface area contributed by atoms with Crippen molar-refractivity contribution in [2.75, 3.05) is 7.11 Å². The van der Waals surface area contributed by atoms with Crippen molar-refractivity contribution in [2.24, 2.45) is 0 Å². The fraction of sp³-hybridized carbons (Fsp3) is 0.500. The van der Waals surface area contributed by atoms with Gasteiger partial charge in [-0.15, -0.1) is 0 Å². The molecule has 0 aliphatic rings. The van der Waals surface area contributed by atoms with Gasteiger partial charge in [0.05, 0.1) is 7.11 Å². The normalized spacial score (nSPS) is 10.6. The Kier molecular flexibility index (Phi) is 2.97. The van der Waals surface area contributed by atoms with Gasteiger partial charge in [-0.3, -0.25) is 0 Å². The SMILES string of the molecule is COc1cc(C(C)C)c(C)cc1C. The number of ether oxygens (including phenoxy) is 1. The van der Waals surface area contributed by atoms with Gasteiger partial charge in [0, 0.05) is 0 Å². The summed E-state index contributed by atoms with van der Waals surface area (Å²) in [6.07, 6.45) is 0. The van der Waals surface area contributed by atoms with Crippen molar-refractivity contribution in [3.8, 4) is 5.75 Å². The van der Waals surface area contributed by atoms with Gasteiger partial charge < -0.3 is 4.74 Å². The van der Waals surface area contributed by atoms with Crippen molar-refractivity contribution in [1.82, 2.24) is 0 Å². The Morgan fingerprint density at radius 3 is 2.15 bits per heavy atom. The van der Waals surface area contributed by atoms with E-state index in [1.54, 1.807) is 7.11 Å². The number of hydrogen-bond donors (Lipinski definition) is 0. The smallest absolute Gasteiger partial charge is 0.122 e. The van der Waals surface area contributed by atoms with E-state index in [4.69, 9.17) is 4.74 Å². The molecule has 0 aliphatic heterocycles. The quantitative estimate of drug-likeness (QED) is 0.674. The lowest BCUT2D eigenvalue weighted by molar-refractivity contribution is 0.410. The Hall–Kier alpha value is -0.980. The molecule has 0 spiro atoms. The topological polar surface area (TPSA) is 9.23 Å². The molecule has 1 aromatic rings. The van der Waals surface area contributed by atoms with Crippen molar-refractivity contribution in [1.29, 1.82) is 0 Å². The molecular weight excluding hydrogens is 160 g/mol. The minimum atomic E-state index is 0.564. The highest BCUT2D eigenvalue weighted by Crippen LogP contribution is 2.27. The Morgan fingerprint density at radius 2 is 1.69 bits per heavy atom. The van der Waals surface area contributed by atoms with Crippen molar-refractivity contribution >= 4 is 0 Å². The molecule has 0 aliphatic carbocycles. The first-order valence-corrected chi connectivity index (χ1v) is 4.71. The van der Waals surface area contributed by atoms with E-state index in [9.17, 15) is 0 Å². The Balaban J connectivity index is 3.22. The predicted octanol–water partition coefficient (Wildman–Crippen LogP) is 3.44. The lowest BCUT2D eigenvalue weighted by Gasteiger charge is -2.13. The van der Waals surface area contributed by atoms with Gasteiger partial charge in [0.15, 0.2) is 0 Å². The fourth-order valence-electron chi connectivity index (χ4n) is 1.69. The summed E-state index contributed by atoms with van der Waals surface area (Å²) in [4.78, 5) is 0. The Labute approximate surface area is 80.7 Å². The third kappa shape index (κ3) is 2.03. The molecule has 0 fully saturated rings. The lowest BCUT2D eigenvalue weighted by atomic mass is 9.96. The van der Waals surface area contributed by atoms with Gasteiger partial charge in [-0.1, -0.05) is 19.9 Å². The van der Waals surface area contributed by atoms with Crippen LogP contribution in [0.2, 0.25) is 0 Å². The van der Waals surface area contributed by atoms with Gasteiger partial charge in [-0.2, -0.15) is 0 Å². The number of rotatable bonds is 2. The molecule has 0 bridgehead atoms. The number of aryl methyl sites for hydroxylation is 2. The van der Waals surface area contributed by atoms with Crippen LogP contribution in [0.1, 0.15) is 36.5 Å². The van der Waals surface area contributed by atoms with Crippen molar-refractivity contribution in [3.05, 3.63) is 28.8 Å². The molecule has 1 nitrogen and oxygen atoms in total. The largest absolute Gasteiger partial charge is 0.496 e. The summed E-state index contributed by atoms with van der Waals surface area (Å²) in [5.41, 5.74) is 3.94. The van der Waals surface area contributed by atoms with E-state index >= 15 is 0 Å². The Bertz CT molecular complexity index is 300. The molecule has 1 rings (SSSR count). The van der Waals surface area contributed by atoms with Crippen LogP contribution >= 0.6 is 0 Å². The second-order valence-corrected chi connectivity index (χ2v) is 3.83. The van der Waals surface area contributed by atoms with E-state index < -0.39 is 0 Å². The molecule has 0 saturated carbocycles. The van der Waals surface area contributed by atoms with Gasteiger partial charge in [-0.05, 0) is 42.5 Å². The summed E-state index contributed by atoms with van der Waals surface area (Å²) in [6, 6.07) is 4.34. The van der Waals surface area contributed by atoms with Crippen LogP contribution in [0.5, 0.6) is 5.75 Å². The van der Waals surface area contributed by atoms with Crippen molar-refractivity contribution < 1.29 is 4.74 Å². The third-order valence-electron chi connectivity index (χ3n) is 2.41. The molecule has 1 aromatic carbocycles. The second-order valence-electron chi connectivity index (χ2n) is 3.83. The molecule has 0 N–H and O–H groups in total. The first-order chi connectivity index (χ1) is 6.06. The van der Waals surface area contributed by atoms with E-state index in [1.807, 2.05) is 0 Å². The molecule has 72 valence electrons. The van der Waals surface area contributed by atoms with Gasteiger partial charge in [0.25, 0.3) is 0 Å². The molecule has 13 heavy (non-hydrogen) atoms. The summed E-state index contributed by atoms with van der Waals surface area (Å²) in [5, 5.41) is 0. The average Bonchev–Trinajstić information content (AvgIpc) is 2.03. The zero-order valence-corrected chi connectivity index (χ0v) is 9.14. The molecule has 1 heteroatoms. The van der Waals surface area contributed by atoms with Gasteiger partial charge >= 0.3 is 0 Å². The molecule has 0 aromatic heterocycles. The number of benzene rings is 1. The first-order valence-electron chi connectivity index (χ1n) is 4.71. The first kappa shape index (κ1) is 10.1. The lowest BCUT2D eigenvalue weighted by Crippen LogP contribution is -1.96. The van der Waals surface area contributed by atoms with Crippen LogP contribution in [0.4, 0.5) is 0 Å². The van der Waals surface area contributed by atoms with E-state index in [1.165, 1.54) is 16.7 Å². The van der Waals surface area contributed by atoms with E-state index in [0.717, 1.165) is 5.75 Å². The maximum Gasteiger partial charge on any atom is 0.122 e. The maximum atomic E-state index is 5.29. The zero-order chi connectivity index (χ0) is 10.0. The van der Waals surface area contributed by atoms with Crippen molar-refractivity contribution in [3.63, 3.8) is 0 Å². The maximum absolute atomic E-state index is 5.29. The molecule has 0 heterocycles. The van der Waals surface area contributed by atoms with Gasteiger partial charge in [-0.25, -0.2) is 0 Å². The minimum Gasteiger partial charge on any atom is -0.496 e. The van der Waals surface area contributed by atoms with Crippen LogP contribution in [0.25, 0.3) is 0 Å². The van der Waals surface area contributed by atoms with Crippen LogP contribution in [0.3, 0.4) is 0 Å². The highest BCUT2D eigenvalue weighted by molar-refractivity contribution is 5.42. The molecule has 0 saturated heterocycles. The van der Waals surface area contributed by atoms with E-state index in [2.05, 4.69) is 39.8 Å². The summed E-state index contributed by atoms with van der Waals surface area (Å²) in [5.74, 6) is 1.56. The van der Waals surface area contributed by atoms with Crippen LogP contribution < -0.4 is 4.74 Å². The molecule has 0 atom stereocenters. The highest BCUT2D eigenvalue weighted by atomic mass is 16.5. The van der Waals surface area contributed by atoms with E-state index in [0.29, 0.717) is 5.92 Å². The summed E-state index contributed by atoms with van der Waals surface area (Å²) >= 11 is 0. The summed E-state index contributed by atoms with van der Waals surface area (Å²) < 4.78 is 5.29. The summed E-state index contributed by atoms with van der Waals surface area (Å²) in [6.45, 7) is 8.64. The predicted molar refractivity (Wildman–Crippen MR) is 56.6 cm³/mol. The molecule has 0 amide bonds. The molecule has 0 unspecified atom stereocenters. The van der Waals surface area contributed by atoms with Crippen LogP contribution in [-0.4, -0.2) is 7.11 Å².